The van der Waals surface area contributed by atoms with Crippen LogP contribution in [0.15, 0.2) is 23.8 Å². The van der Waals surface area contributed by atoms with E-state index in [1.165, 1.54) is 269 Å². The van der Waals surface area contributed by atoms with Gasteiger partial charge >= 0.3 is 0 Å². The van der Waals surface area contributed by atoms with Crippen molar-refractivity contribution in [1.82, 2.24) is 0 Å². The Balaban J connectivity index is 4.41. The lowest BCUT2D eigenvalue weighted by Crippen LogP contribution is -2.41. The first kappa shape index (κ1) is 71.4. The van der Waals surface area contributed by atoms with Crippen LogP contribution in [-0.2, 0) is 4.74 Å². The molecule has 2 heteroatoms. The number of hydrogen-bond acceptors (Lipinski definition) is 2. The summed E-state index contributed by atoms with van der Waals surface area (Å²) in [5.74, 6) is 4.99. The second kappa shape index (κ2) is 52.5. The molecule has 1 N–H and O–H groups in total. The molecule has 0 rings (SSSR count). The fourth-order valence-corrected chi connectivity index (χ4v) is 11.5. The van der Waals surface area contributed by atoms with Crippen molar-refractivity contribution in [3.8, 4) is 0 Å². The van der Waals surface area contributed by atoms with E-state index in [1.807, 2.05) is 0 Å². The summed E-state index contributed by atoms with van der Waals surface area (Å²) in [6, 6.07) is 0. The van der Waals surface area contributed by atoms with Crippen molar-refractivity contribution in [2.45, 2.75) is 383 Å². The zero-order valence-corrected chi connectivity index (χ0v) is 51.9. The molecule has 2 nitrogen and oxygen atoms in total. The molecule has 0 aliphatic rings. The molecule has 72 heavy (non-hydrogen) atoms. The summed E-state index contributed by atoms with van der Waals surface area (Å²) in [6.07, 6.45) is 69.1. The van der Waals surface area contributed by atoms with Crippen molar-refractivity contribution in [2.75, 3.05) is 6.61 Å². The molecule has 0 aliphatic carbocycles. The number of unbranched alkanes of at least 4 members (excludes halogenated alkanes) is 24. The largest absolute Gasteiger partial charge is 0.387 e. The van der Waals surface area contributed by atoms with Gasteiger partial charge in [0, 0.05) is 6.61 Å². The predicted octanol–water partition coefficient (Wildman–Crippen LogP) is 24.4. The van der Waals surface area contributed by atoms with Crippen molar-refractivity contribution < 1.29 is 9.84 Å². The van der Waals surface area contributed by atoms with Gasteiger partial charge in [-0.25, -0.2) is 0 Å². The molecule has 0 spiro atoms. The van der Waals surface area contributed by atoms with Crippen molar-refractivity contribution in [3.63, 3.8) is 0 Å². The fraction of sp³-hybridized carbons (Fsp3) is 0.943. The van der Waals surface area contributed by atoms with Crippen LogP contribution in [0, 0.1) is 35.5 Å². The van der Waals surface area contributed by atoms with Gasteiger partial charge in [-0.1, -0.05) is 317 Å². The van der Waals surface area contributed by atoms with E-state index in [2.05, 4.69) is 94.4 Å². The molecular weight excluding hydrogens is 873 g/mol. The molecule has 0 heterocycles. The van der Waals surface area contributed by atoms with E-state index in [0.717, 1.165) is 74.2 Å². The average Bonchev–Trinajstić information content (AvgIpc) is 3.32. The summed E-state index contributed by atoms with van der Waals surface area (Å²) in [4.78, 5) is 0. The highest BCUT2D eigenvalue weighted by Gasteiger charge is 2.32. The molecule has 0 aliphatic heterocycles. The monoisotopic (exact) mass is 1010 g/mol. The quantitative estimate of drug-likeness (QED) is 0.0486. The first-order valence-electron chi connectivity index (χ1n) is 33.4. The Labute approximate surface area is 456 Å². The summed E-state index contributed by atoms with van der Waals surface area (Å²) in [5.41, 5.74) is 0.763. The van der Waals surface area contributed by atoms with Gasteiger partial charge in [0.1, 0.15) is 0 Å². The van der Waals surface area contributed by atoms with E-state index < -0.39 is 5.60 Å². The molecule has 0 aromatic heterocycles. The van der Waals surface area contributed by atoms with Crippen LogP contribution in [0.1, 0.15) is 372 Å². The number of hydrogen-bond donors (Lipinski definition) is 1. The number of ether oxygens (including phenoxy) is 1. The Kier molecular flexibility index (Phi) is 52.0. The van der Waals surface area contributed by atoms with Gasteiger partial charge in [0.15, 0.2) is 0 Å². The lowest BCUT2D eigenvalue weighted by atomic mass is 9.86. The molecule has 0 radical (unpaired) electrons. The molecule has 0 saturated heterocycles. The first-order valence-corrected chi connectivity index (χ1v) is 33.4. The van der Waals surface area contributed by atoms with Gasteiger partial charge < -0.3 is 9.84 Å². The van der Waals surface area contributed by atoms with Gasteiger partial charge in [0.25, 0.3) is 0 Å². The van der Waals surface area contributed by atoms with Gasteiger partial charge in [-0.2, -0.15) is 0 Å². The topological polar surface area (TPSA) is 29.5 Å². The summed E-state index contributed by atoms with van der Waals surface area (Å²) in [6.45, 7) is 26.8. The third-order valence-electron chi connectivity index (χ3n) is 17.0. The average molecular weight is 1010 g/mol. The SMILES string of the molecule is CCCCCCCCC=CCCCCCCCCCCCCCCCCCCCCOC(CCC=C(C)CCCC(C)CCCC(C)CCCC(C)C)C(C)(O)CCCC(C)CCCC(C)CCCC(C)C. The first-order chi connectivity index (χ1) is 34.8. The minimum absolute atomic E-state index is 0.0803. The van der Waals surface area contributed by atoms with E-state index in [9.17, 15) is 5.11 Å². The van der Waals surface area contributed by atoms with Crippen LogP contribution >= 0.6 is 0 Å². The number of aliphatic hydroxyl groups is 1. The molecule has 0 aromatic rings. The van der Waals surface area contributed by atoms with E-state index in [0.29, 0.717) is 0 Å². The lowest BCUT2D eigenvalue weighted by Gasteiger charge is -2.33. The molecule has 0 amide bonds. The highest BCUT2D eigenvalue weighted by Crippen LogP contribution is 2.29. The maximum Gasteiger partial charge on any atom is 0.0880 e. The van der Waals surface area contributed by atoms with Crippen LogP contribution in [-0.4, -0.2) is 23.4 Å². The highest BCUT2D eigenvalue weighted by molar-refractivity contribution is 4.99. The zero-order valence-electron chi connectivity index (χ0n) is 51.9. The molecular formula is C70H138O2. The predicted molar refractivity (Wildman–Crippen MR) is 328 cm³/mol. The van der Waals surface area contributed by atoms with Crippen molar-refractivity contribution in [1.29, 1.82) is 0 Å². The van der Waals surface area contributed by atoms with E-state index in [4.69, 9.17) is 4.74 Å². The summed E-state index contributed by atoms with van der Waals surface area (Å²) >= 11 is 0. The van der Waals surface area contributed by atoms with Crippen LogP contribution in [0.3, 0.4) is 0 Å². The minimum atomic E-state index is -0.766. The summed E-state index contributed by atoms with van der Waals surface area (Å²) < 4.78 is 6.66. The highest BCUT2D eigenvalue weighted by atomic mass is 16.5. The Hall–Kier alpha value is -0.600. The molecule has 0 saturated carbocycles. The van der Waals surface area contributed by atoms with Crippen LogP contribution in [0.2, 0.25) is 0 Å². The fourth-order valence-electron chi connectivity index (χ4n) is 11.5. The van der Waals surface area contributed by atoms with Crippen molar-refractivity contribution >= 4 is 0 Å². The van der Waals surface area contributed by atoms with Gasteiger partial charge in [0.2, 0.25) is 0 Å². The molecule has 0 fully saturated rings. The van der Waals surface area contributed by atoms with E-state index in [-0.39, 0.29) is 6.10 Å². The van der Waals surface area contributed by atoms with E-state index >= 15 is 0 Å². The molecule has 430 valence electrons. The Morgan fingerprint density at radius 3 is 1.11 bits per heavy atom. The third-order valence-corrected chi connectivity index (χ3v) is 17.0. The van der Waals surface area contributed by atoms with Gasteiger partial charge in [-0.15, -0.1) is 0 Å². The second-order valence-electron chi connectivity index (χ2n) is 26.2. The maximum atomic E-state index is 12.0. The third kappa shape index (κ3) is 51.5. The Bertz CT molecular complexity index is 1130. The van der Waals surface area contributed by atoms with Crippen LogP contribution in [0.5, 0.6) is 0 Å². The minimum Gasteiger partial charge on any atom is -0.387 e. The molecule has 6 unspecified atom stereocenters. The zero-order chi connectivity index (χ0) is 53.2. The van der Waals surface area contributed by atoms with Gasteiger partial charge in [-0.3, -0.25) is 0 Å². The Morgan fingerprint density at radius 1 is 0.389 bits per heavy atom. The van der Waals surface area contributed by atoms with Gasteiger partial charge in [0.05, 0.1) is 11.7 Å². The van der Waals surface area contributed by atoms with Crippen LogP contribution < -0.4 is 0 Å². The normalized spacial score (nSPS) is 15.5. The van der Waals surface area contributed by atoms with Crippen molar-refractivity contribution in [3.05, 3.63) is 23.8 Å². The molecule has 0 aromatic carbocycles. The van der Waals surface area contributed by atoms with E-state index in [1.54, 1.807) is 0 Å². The lowest BCUT2D eigenvalue weighted by molar-refractivity contribution is -0.107. The van der Waals surface area contributed by atoms with Crippen molar-refractivity contribution in [2.24, 2.45) is 35.5 Å². The summed E-state index contributed by atoms with van der Waals surface area (Å²) in [5, 5.41) is 12.0. The van der Waals surface area contributed by atoms with Gasteiger partial charge in [-0.05, 0) is 114 Å². The second-order valence-corrected chi connectivity index (χ2v) is 26.2. The van der Waals surface area contributed by atoms with Crippen LogP contribution in [0.4, 0.5) is 0 Å². The molecule has 0 bridgehead atoms. The Morgan fingerprint density at radius 2 is 0.722 bits per heavy atom. The standard InChI is InChI=1S/C70H138O2/c1-12-13-14-15-16-17-18-19-20-21-22-23-24-25-26-27-28-29-30-31-32-33-34-35-36-37-38-39-61-72-69(70(11,71)60-46-58-68(10)56-44-52-65(7)50-41-48-63(4)5)59-45-57-67(9)55-43-54-66(8)53-42-51-64(6)49-40-47-62(2)3/h19-20,57,62-66,68-69,71H,12-18,21-56,58-61H2,1-11H3. The number of rotatable bonds is 57. The maximum absolute atomic E-state index is 12.0. The number of allylic oxidation sites excluding steroid dienone is 4. The smallest absolute Gasteiger partial charge is 0.0880 e. The molecule has 6 atom stereocenters. The summed E-state index contributed by atoms with van der Waals surface area (Å²) in [7, 11) is 0. The van der Waals surface area contributed by atoms with Crippen LogP contribution in [0.25, 0.3) is 0 Å².